The molecule has 1 atom stereocenters. The van der Waals surface area contributed by atoms with Crippen molar-refractivity contribution < 1.29 is 9.18 Å². The van der Waals surface area contributed by atoms with Crippen LogP contribution in [0.25, 0.3) is 0 Å². The molecule has 1 aliphatic rings. The van der Waals surface area contributed by atoms with E-state index in [0.717, 1.165) is 18.4 Å². The van der Waals surface area contributed by atoms with Gasteiger partial charge in [0, 0.05) is 18.9 Å². The lowest BCUT2D eigenvalue weighted by molar-refractivity contribution is -0.118. The average molecular weight is 256 g/mol. The van der Waals surface area contributed by atoms with Crippen LogP contribution in [-0.4, -0.2) is 11.8 Å². The Kier molecular flexibility index (Phi) is 3.79. The normalized spacial score (nSPS) is 16.9. The maximum Gasteiger partial charge on any atom is 0.141 e. The van der Waals surface area contributed by atoms with Gasteiger partial charge in [0.1, 0.15) is 11.6 Å². The Labute approximate surface area is 105 Å². The van der Waals surface area contributed by atoms with Crippen molar-refractivity contribution in [2.45, 2.75) is 31.7 Å². The maximum absolute atomic E-state index is 12.9. The van der Waals surface area contributed by atoms with Crippen molar-refractivity contribution in [3.8, 4) is 0 Å². The maximum atomic E-state index is 12.9. The van der Waals surface area contributed by atoms with Crippen LogP contribution in [0.1, 0.15) is 24.8 Å². The van der Waals surface area contributed by atoms with Crippen LogP contribution in [0.3, 0.4) is 0 Å². The summed E-state index contributed by atoms with van der Waals surface area (Å²) in [4.78, 5) is 11.7. The van der Waals surface area contributed by atoms with Gasteiger partial charge in [-0.05, 0) is 36.5 Å². The van der Waals surface area contributed by atoms with Gasteiger partial charge in [0.25, 0.3) is 0 Å². The molecule has 92 valence electrons. The van der Waals surface area contributed by atoms with Gasteiger partial charge in [-0.25, -0.2) is 4.39 Å². The third kappa shape index (κ3) is 3.51. The van der Waals surface area contributed by atoms with Gasteiger partial charge >= 0.3 is 0 Å². The smallest absolute Gasteiger partial charge is 0.141 e. The van der Waals surface area contributed by atoms with Crippen molar-refractivity contribution in [3.05, 3.63) is 34.6 Å². The van der Waals surface area contributed by atoms with Gasteiger partial charge in [-0.15, -0.1) is 0 Å². The summed E-state index contributed by atoms with van der Waals surface area (Å²) in [7, 11) is 0. The van der Waals surface area contributed by atoms with Crippen molar-refractivity contribution in [3.63, 3.8) is 0 Å². The number of nitrogens with two attached hydrogens (primary N) is 1. The molecule has 4 heteroatoms. The molecule has 0 bridgehead atoms. The summed E-state index contributed by atoms with van der Waals surface area (Å²) < 4.78 is 12.9. The van der Waals surface area contributed by atoms with E-state index in [4.69, 9.17) is 17.3 Å². The monoisotopic (exact) mass is 255 g/mol. The number of carbonyl (C=O) groups is 1. The largest absolute Gasteiger partial charge is 0.327 e. The second-order valence-corrected chi connectivity index (χ2v) is 5.08. The minimum Gasteiger partial charge on any atom is -0.327 e. The molecule has 0 radical (unpaired) electrons. The Morgan fingerprint density at radius 1 is 1.53 bits per heavy atom. The minimum atomic E-state index is -0.461. The fourth-order valence-electron chi connectivity index (χ4n) is 1.90. The SMILES string of the molecule is NC(CC(=O)Cc1ccc(F)c(Cl)c1)C1CC1. The fourth-order valence-corrected chi connectivity index (χ4v) is 2.11. The van der Waals surface area contributed by atoms with E-state index in [2.05, 4.69) is 0 Å². The van der Waals surface area contributed by atoms with Gasteiger partial charge in [0.2, 0.25) is 0 Å². The number of Topliss-reactive ketones (excluding diaryl/α,β-unsaturated/α-hetero) is 1. The number of halogens is 2. The molecule has 1 aromatic rings. The van der Waals surface area contributed by atoms with Crippen molar-refractivity contribution in [2.24, 2.45) is 11.7 Å². The fraction of sp³-hybridized carbons (Fsp3) is 0.462. The van der Waals surface area contributed by atoms with Gasteiger partial charge in [0.05, 0.1) is 5.02 Å². The zero-order chi connectivity index (χ0) is 12.4. The lowest BCUT2D eigenvalue weighted by Gasteiger charge is -2.09. The van der Waals surface area contributed by atoms with Gasteiger partial charge in [-0.1, -0.05) is 17.7 Å². The Hall–Kier alpha value is -0.930. The third-order valence-electron chi connectivity index (χ3n) is 3.08. The van der Waals surface area contributed by atoms with Crippen molar-refractivity contribution >= 4 is 17.4 Å². The summed E-state index contributed by atoms with van der Waals surface area (Å²) in [5.41, 5.74) is 6.62. The molecule has 17 heavy (non-hydrogen) atoms. The summed E-state index contributed by atoms with van der Waals surface area (Å²) in [6, 6.07) is 4.35. The summed E-state index contributed by atoms with van der Waals surface area (Å²) in [5, 5.41) is 0.0572. The van der Waals surface area contributed by atoms with E-state index in [1.54, 1.807) is 6.07 Å². The van der Waals surface area contributed by atoms with Crippen LogP contribution >= 0.6 is 11.6 Å². The van der Waals surface area contributed by atoms with Gasteiger partial charge < -0.3 is 5.73 Å². The summed E-state index contributed by atoms with van der Waals surface area (Å²) >= 11 is 5.65. The molecule has 1 aliphatic carbocycles. The molecule has 2 nitrogen and oxygen atoms in total. The van der Waals surface area contributed by atoms with Gasteiger partial charge in [0.15, 0.2) is 0 Å². The second kappa shape index (κ2) is 5.15. The van der Waals surface area contributed by atoms with Crippen molar-refractivity contribution in [1.82, 2.24) is 0 Å². The van der Waals surface area contributed by atoms with Crippen LogP contribution in [0, 0.1) is 11.7 Å². The first kappa shape index (κ1) is 12.5. The summed E-state index contributed by atoms with van der Waals surface area (Å²) in [5.74, 6) is 0.153. The first-order chi connectivity index (χ1) is 8.06. The second-order valence-electron chi connectivity index (χ2n) is 4.67. The van der Waals surface area contributed by atoms with Crippen LogP contribution in [0.5, 0.6) is 0 Å². The van der Waals surface area contributed by atoms with Crippen molar-refractivity contribution in [1.29, 1.82) is 0 Å². The average Bonchev–Trinajstić information content (AvgIpc) is 3.06. The quantitative estimate of drug-likeness (QED) is 0.879. The van der Waals surface area contributed by atoms with E-state index < -0.39 is 5.82 Å². The number of rotatable bonds is 5. The highest BCUT2D eigenvalue weighted by atomic mass is 35.5. The van der Waals surface area contributed by atoms with E-state index in [-0.39, 0.29) is 23.3 Å². The van der Waals surface area contributed by atoms with E-state index in [1.165, 1.54) is 12.1 Å². The first-order valence-corrected chi connectivity index (χ1v) is 6.15. The molecule has 2 N–H and O–H groups in total. The van der Waals surface area contributed by atoms with E-state index in [1.807, 2.05) is 0 Å². The highest BCUT2D eigenvalue weighted by Gasteiger charge is 2.29. The van der Waals surface area contributed by atoms with Crippen LogP contribution in [0.2, 0.25) is 5.02 Å². The standard InChI is InChI=1S/C13H15ClFNO/c14-11-6-8(1-4-12(11)15)5-10(17)7-13(16)9-2-3-9/h1,4,6,9,13H,2-3,5,7,16H2. The molecular weight excluding hydrogens is 241 g/mol. The number of ketones is 1. The Morgan fingerprint density at radius 2 is 2.24 bits per heavy atom. The molecule has 0 aliphatic heterocycles. The van der Waals surface area contributed by atoms with Crippen LogP contribution in [0.15, 0.2) is 18.2 Å². The van der Waals surface area contributed by atoms with Crippen LogP contribution < -0.4 is 5.73 Å². The Morgan fingerprint density at radius 3 is 2.82 bits per heavy atom. The predicted molar refractivity (Wildman–Crippen MR) is 65.4 cm³/mol. The molecule has 1 aromatic carbocycles. The van der Waals surface area contributed by atoms with E-state index in [0.29, 0.717) is 12.3 Å². The first-order valence-electron chi connectivity index (χ1n) is 5.77. The lowest BCUT2D eigenvalue weighted by atomic mass is 10.0. The lowest BCUT2D eigenvalue weighted by Crippen LogP contribution is -2.26. The zero-order valence-electron chi connectivity index (χ0n) is 9.46. The minimum absolute atomic E-state index is 0.0154. The van der Waals surface area contributed by atoms with E-state index in [9.17, 15) is 9.18 Å². The number of carbonyl (C=O) groups excluding carboxylic acids is 1. The Bertz CT molecular complexity index is 431. The number of hydrogen-bond donors (Lipinski definition) is 1. The Balaban J connectivity index is 1.90. The molecule has 2 rings (SSSR count). The number of benzene rings is 1. The molecule has 0 aromatic heterocycles. The predicted octanol–water partition coefficient (Wildman–Crippen LogP) is 2.72. The molecular formula is C13H15ClFNO. The molecule has 0 amide bonds. The van der Waals surface area contributed by atoms with Gasteiger partial charge in [-0.2, -0.15) is 0 Å². The zero-order valence-corrected chi connectivity index (χ0v) is 10.2. The molecule has 0 spiro atoms. The summed E-state index contributed by atoms with van der Waals surface area (Å²) in [6.07, 6.45) is 2.95. The highest BCUT2D eigenvalue weighted by Crippen LogP contribution is 2.33. The van der Waals surface area contributed by atoms with Gasteiger partial charge in [-0.3, -0.25) is 4.79 Å². The molecule has 0 saturated heterocycles. The molecule has 1 unspecified atom stereocenters. The molecule has 1 saturated carbocycles. The summed E-state index contributed by atoms with van der Waals surface area (Å²) in [6.45, 7) is 0. The van der Waals surface area contributed by atoms with E-state index >= 15 is 0 Å². The number of hydrogen-bond acceptors (Lipinski definition) is 2. The van der Waals surface area contributed by atoms with Crippen LogP contribution in [-0.2, 0) is 11.2 Å². The topological polar surface area (TPSA) is 43.1 Å². The van der Waals surface area contributed by atoms with Crippen LogP contribution in [0.4, 0.5) is 4.39 Å². The molecule has 1 fully saturated rings. The van der Waals surface area contributed by atoms with Crippen molar-refractivity contribution in [2.75, 3.05) is 0 Å². The third-order valence-corrected chi connectivity index (χ3v) is 3.37. The molecule has 0 heterocycles. The highest BCUT2D eigenvalue weighted by molar-refractivity contribution is 6.30.